The molecule has 0 aliphatic heterocycles. The number of halogens is 1. The second-order valence-corrected chi connectivity index (χ2v) is 7.23. The monoisotopic (exact) mass is 473 g/mol. The van der Waals surface area contributed by atoms with Gasteiger partial charge in [-0.15, -0.1) is 0 Å². The number of nitrogens with zero attached hydrogens (tertiary/aromatic N) is 1. The number of aryl methyl sites for hydroxylation is 1. The average Bonchev–Trinajstić information content (AvgIpc) is 3.16. The fourth-order valence-electron chi connectivity index (χ4n) is 2.81. The summed E-state index contributed by atoms with van der Waals surface area (Å²) in [5, 5.41) is 5.55. The van der Waals surface area contributed by atoms with Gasteiger partial charge >= 0.3 is 0 Å². The molecule has 0 fully saturated rings. The average molecular weight is 473 g/mol. The lowest BCUT2D eigenvalue weighted by Gasteiger charge is -2.12. The van der Waals surface area contributed by atoms with E-state index in [0.717, 1.165) is 26.9 Å². The molecule has 0 aliphatic rings. The second-order valence-electron chi connectivity index (χ2n) is 5.98. The van der Waals surface area contributed by atoms with Gasteiger partial charge in [0.2, 0.25) is 5.91 Å². The van der Waals surface area contributed by atoms with Gasteiger partial charge in [-0.2, -0.15) is 0 Å². The molecule has 0 spiro atoms. The van der Waals surface area contributed by atoms with Gasteiger partial charge in [0.05, 0.1) is 6.54 Å². The van der Waals surface area contributed by atoms with Crippen LogP contribution in [0.4, 0.5) is 5.69 Å². The van der Waals surface area contributed by atoms with E-state index in [1.54, 1.807) is 6.07 Å². The minimum atomic E-state index is -0.294. The summed E-state index contributed by atoms with van der Waals surface area (Å²) < 4.78 is 2.89. The molecular weight excluding hydrogens is 453 g/mol. The number of hydrogen-bond donors (Lipinski definition) is 2. The van der Waals surface area contributed by atoms with Gasteiger partial charge in [-0.25, -0.2) is 0 Å². The molecule has 0 unspecified atom stereocenters. The summed E-state index contributed by atoms with van der Waals surface area (Å²) in [6, 6.07) is 19.1. The lowest BCUT2D eigenvalue weighted by Crippen LogP contribution is -2.34. The predicted molar refractivity (Wildman–Crippen MR) is 115 cm³/mol. The van der Waals surface area contributed by atoms with Crippen molar-refractivity contribution in [3.05, 3.63) is 81.7 Å². The number of nitrogens with one attached hydrogen (secondary N) is 2. The SMILES string of the molecule is CCc1ccccc1NC(=O)CNC(=O)c1cccn1-c1cccc(I)c1. The van der Waals surface area contributed by atoms with Crippen LogP contribution in [-0.2, 0) is 11.2 Å². The number of rotatable bonds is 6. The van der Waals surface area contributed by atoms with Crippen molar-refractivity contribution in [2.45, 2.75) is 13.3 Å². The molecule has 0 aliphatic carbocycles. The first kappa shape index (κ1) is 19.2. The molecule has 2 N–H and O–H groups in total. The molecule has 1 heterocycles. The zero-order chi connectivity index (χ0) is 19.2. The Bertz CT molecular complexity index is 965. The Labute approximate surface area is 171 Å². The molecular formula is C21H20IN3O2. The van der Waals surface area contributed by atoms with Crippen LogP contribution in [0, 0.1) is 3.57 Å². The minimum absolute atomic E-state index is 0.0889. The maximum absolute atomic E-state index is 12.6. The summed E-state index contributed by atoms with van der Waals surface area (Å²) in [5.41, 5.74) is 3.23. The van der Waals surface area contributed by atoms with Gasteiger partial charge in [-0.1, -0.05) is 31.2 Å². The lowest BCUT2D eigenvalue weighted by atomic mass is 10.1. The van der Waals surface area contributed by atoms with E-state index in [0.29, 0.717) is 5.69 Å². The first-order chi connectivity index (χ1) is 13.1. The van der Waals surface area contributed by atoms with Crippen molar-refractivity contribution in [3.63, 3.8) is 0 Å². The molecule has 2 amide bonds. The first-order valence-corrected chi connectivity index (χ1v) is 9.75. The lowest BCUT2D eigenvalue weighted by molar-refractivity contribution is -0.115. The van der Waals surface area contributed by atoms with Gasteiger partial charge in [-0.3, -0.25) is 9.59 Å². The summed E-state index contributed by atoms with van der Waals surface area (Å²) in [5.74, 6) is -0.547. The third-order valence-electron chi connectivity index (χ3n) is 4.15. The van der Waals surface area contributed by atoms with E-state index in [9.17, 15) is 9.59 Å². The summed E-state index contributed by atoms with van der Waals surface area (Å²) in [4.78, 5) is 24.8. The van der Waals surface area contributed by atoms with Gasteiger partial charge in [0.25, 0.3) is 5.91 Å². The first-order valence-electron chi connectivity index (χ1n) is 8.67. The molecule has 138 valence electrons. The van der Waals surface area contributed by atoms with E-state index in [1.165, 1.54) is 0 Å². The smallest absolute Gasteiger partial charge is 0.268 e. The Morgan fingerprint density at radius 3 is 2.63 bits per heavy atom. The fourth-order valence-corrected chi connectivity index (χ4v) is 3.34. The van der Waals surface area contributed by atoms with Crippen molar-refractivity contribution in [1.82, 2.24) is 9.88 Å². The zero-order valence-electron chi connectivity index (χ0n) is 14.9. The summed E-state index contributed by atoms with van der Waals surface area (Å²) >= 11 is 2.23. The Morgan fingerprint density at radius 1 is 1.04 bits per heavy atom. The van der Waals surface area contributed by atoms with E-state index in [2.05, 4.69) is 33.2 Å². The van der Waals surface area contributed by atoms with Gasteiger partial charge in [-0.05, 0) is 71.0 Å². The van der Waals surface area contributed by atoms with E-state index in [4.69, 9.17) is 0 Å². The van der Waals surface area contributed by atoms with Crippen LogP contribution in [0.3, 0.4) is 0 Å². The van der Waals surface area contributed by atoms with Gasteiger partial charge in [0.1, 0.15) is 5.69 Å². The Hall–Kier alpha value is -2.61. The maximum Gasteiger partial charge on any atom is 0.268 e. The van der Waals surface area contributed by atoms with Gasteiger partial charge in [0.15, 0.2) is 0 Å². The van der Waals surface area contributed by atoms with Crippen LogP contribution in [-0.4, -0.2) is 22.9 Å². The number of amides is 2. The third kappa shape index (κ3) is 4.77. The standard InChI is InChI=1S/C21H20IN3O2/c1-2-15-7-3-4-10-18(15)24-20(26)14-23-21(27)19-11-6-12-25(19)17-9-5-8-16(22)13-17/h3-13H,2,14H2,1H3,(H,23,27)(H,24,26). The highest BCUT2D eigenvalue weighted by Crippen LogP contribution is 2.16. The summed E-state index contributed by atoms with van der Waals surface area (Å²) in [6.07, 6.45) is 2.66. The maximum atomic E-state index is 12.6. The fraction of sp³-hybridized carbons (Fsp3) is 0.143. The predicted octanol–water partition coefficient (Wildman–Crippen LogP) is 4.01. The second kappa shape index (κ2) is 8.85. The van der Waals surface area contributed by atoms with Crippen LogP contribution in [0.25, 0.3) is 5.69 Å². The zero-order valence-corrected chi connectivity index (χ0v) is 17.1. The van der Waals surface area contributed by atoms with Crippen molar-refractivity contribution in [2.75, 3.05) is 11.9 Å². The van der Waals surface area contributed by atoms with E-state index in [1.807, 2.05) is 72.3 Å². The van der Waals surface area contributed by atoms with Crippen LogP contribution in [0.5, 0.6) is 0 Å². The van der Waals surface area contributed by atoms with Crippen molar-refractivity contribution >= 4 is 40.1 Å². The normalized spacial score (nSPS) is 10.4. The number of carbonyl (C=O) groups excluding carboxylic acids is 2. The molecule has 6 heteroatoms. The van der Waals surface area contributed by atoms with Crippen molar-refractivity contribution in [1.29, 1.82) is 0 Å². The number of aromatic nitrogens is 1. The number of carbonyl (C=O) groups is 2. The van der Waals surface area contributed by atoms with Gasteiger partial charge < -0.3 is 15.2 Å². The van der Waals surface area contributed by atoms with Crippen LogP contribution in [0.1, 0.15) is 23.0 Å². The molecule has 5 nitrogen and oxygen atoms in total. The highest BCUT2D eigenvalue weighted by atomic mass is 127. The van der Waals surface area contributed by atoms with Crippen molar-refractivity contribution < 1.29 is 9.59 Å². The van der Waals surface area contributed by atoms with Crippen LogP contribution >= 0.6 is 22.6 Å². The molecule has 2 aromatic carbocycles. The van der Waals surface area contributed by atoms with Crippen LogP contribution < -0.4 is 10.6 Å². The molecule has 0 radical (unpaired) electrons. The number of para-hydroxylation sites is 1. The topological polar surface area (TPSA) is 63.1 Å². The quantitative estimate of drug-likeness (QED) is 0.532. The van der Waals surface area contributed by atoms with E-state index < -0.39 is 0 Å². The molecule has 3 rings (SSSR count). The molecule has 0 saturated carbocycles. The number of hydrogen-bond acceptors (Lipinski definition) is 2. The molecule has 0 saturated heterocycles. The van der Waals surface area contributed by atoms with Crippen molar-refractivity contribution in [2.24, 2.45) is 0 Å². The van der Waals surface area contributed by atoms with Gasteiger partial charge in [0, 0.05) is 21.1 Å². The highest BCUT2D eigenvalue weighted by Gasteiger charge is 2.14. The molecule has 1 aromatic heterocycles. The Kier molecular flexibility index (Phi) is 6.28. The Balaban J connectivity index is 1.65. The largest absolute Gasteiger partial charge is 0.342 e. The van der Waals surface area contributed by atoms with Crippen LogP contribution in [0.2, 0.25) is 0 Å². The summed E-state index contributed by atoms with van der Waals surface area (Å²) in [6.45, 7) is 1.94. The minimum Gasteiger partial charge on any atom is -0.342 e. The molecule has 0 bridgehead atoms. The third-order valence-corrected chi connectivity index (χ3v) is 4.82. The molecule has 27 heavy (non-hydrogen) atoms. The Morgan fingerprint density at radius 2 is 1.85 bits per heavy atom. The highest BCUT2D eigenvalue weighted by molar-refractivity contribution is 14.1. The number of benzene rings is 2. The number of anilines is 1. The van der Waals surface area contributed by atoms with E-state index >= 15 is 0 Å². The molecule has 0 atom stereocenters. The summed E-state index contributed by atoms with van der Waals surface area (Å²) in [7, 11) is 0. The van der Waals surface area contributed by atoms with E-state index in [-0.39, 0.29) is 18.4 Å². The van der Waals surface area contributed by atoms with Crippen LogP contribution in [0.15, 0.2) is 66.9 Å². The molecule has 3 aromatic rings. The van der Waals surface area contributed by atoms with Crippen molar-refractivity contribution in [3.8, 4) is 5.69 Å².